The zero-order valence-electron chi connectivity index (χ0n) is 14.1. The van der Waals surface area contributed by atoms with E-state index in [2.05, 4.69) is 15.6 Å². The van der Waals surface area contributed by atoms with E-state index >= 15 is 0 Å². The van der Waals surface area contributed by atoms with Crippen LogP contribution < -0.4 is 10.6 Å². The Bertz CT molecular complexity index is 852. The van der Waals surface area contributed by atoms with Gasteiger partial charge in [0.2, 0.25) is 5.91 Å². The normalized spacial score (nSPS) is 11.4. The molecule has 2 amide bonds. The zero-order valence-corrected chi connectivity index (χ0v) is 14.1. The summed E-state index contributed by atoms with van der Waals surface area (Å²) in [6.45, 7) is 0. The molecule has 5 heteroatoms. The molecule has 0 bridgehead atoms. The number of aromatic nitrogens is 1. The van der Waals surface area contributed by atoms with Crippen LogP contribution >= 0.6 is 0 Å². The number of hydrogen-bond acceptors (Lipinski definition) is 3. The molecule has 130 valence electrons. The molecule has 3 aromatic rings. The summed E-state index contributed by atoms with van der Waals surface area (Å²) < 4.78 is 0. The van der Waals surface area contributed by atoms with E-state index in [0.717, 1.165) is 5.56 Å². The van der Waals surface area contributed by atoms with E-state index in [4.69, 9.17) is 0 Å². The van der Waals surface area contributed by atoms with E-state index in [0.29, 0.717) is 17.7 Å². The summed E-state index contributed by atoms with van der Waals surface area (Å²) in [5.41, 5.74) is 2.12. The number of para-hydroxylation sites is 1. The molecule has 1 atom stereocenters. The highest BCUT2D eigenvalue weighted by Crippen LogP contribution is 2.10. The minimum Gasteiger partial charge on any atom is -0.340 e. The fraction of sp³-hybridized carbons (Fsp3) is 0.0952. The van der Waals surface area contributed by atoms with Crippen molar-refractivity contribution in [3.8, 4) is 0 Å². The summed E-state index contributed by atoms with van der Waals surface area (Å²) in [6, 6.07) is 21.3. The number of anilines is 1. The van der Waals surface area contributed by atoms with Gasteiger partial charge in [-0.15, -0.1) is 0 Å². The maximum atomic E-state index is 12.7. The SMILES string of the molecule is O=C(NC(Cc1ccccc1)C(=O)Nc1ccccc1)c1ccncc1. The molecule has 0 radical (unpaired) electrons. The van der Waals surface area contributed by atoms with E-state index in [1.54, 1.807) is 24.5 Å². The molecule has 26 heavy (non-hydrogen) atoms. The Labute approximate surface area is 152 Å². The number of benzene rings is 2. The predicted octanol–water partition coefficient (Wildman–Crippen LogP) is 3.06. The van der Waals surface area contributed by atoms with Crippen molar-refractivity contribution >= 4 is 17.5 Å². The van der Waals surface area contributed by atoms with Gasteiger partial charge in [-0.05, 0) is 29.8 Å². The Morgan fingerprint density at radius 3 is 2.12 bits per heavy atom. The van der Waals surface area contributed by atoms with Crippen LogP contribution in [0.1, 0.15) is 15.9 Å². The first kappa shape index (κ1) is 17.4. The van der Waals surface area contributed by atoms with Gasteiger partial charge >= 0.3 is 0 Å². The number of hydrogen-bond donors (Lipinski definition) is 2. The second kappa shape index (κ2) is 8.58. The first-order chi connectivity index (χ1) is 12.7. The third kappa shape index (κ3) is 4.77. The lowest BCUT2D eigenvalue weighted by atomic mass is 10.0. The molecule has 0 saturated carbocycles. The molecule has 1 heterocycles. The highest BCUT2D eigenvalue weighted by molar-refractivity contribution is 6.01. The molecule has 0 saturated heterocycles. The van der Waals surface area contributed by atoms with Gasteiger partial charge in [-0.3, -0.25) is 14.6 Å². The third-order valence-corrected chi connectivity index (χ3v) is 3.89. The minimum absolute atomic E-state index is 0.262. The van der Waals surface area contributed by atoms with Crippen LogP contribution in [0.2, 0.25) is 0 Å². The van der Waals surface area contributed by atoms with Crippen LogP contribution in [-0.2, 0) is 11.2 Å². The molecule has 1 aromatic heterocycles. The van der Waals surface area contributed by atoms with E-state index in [9.17, 15) is 9.59 Å². The molecule has 2 N–H and O–H groups in total. The van der Waals surface area contributed by atoms with Crippen molar-refractivity contribution in [3.63, 3.8) is 0 Å². The van der Waals surface area contributed by atoms with Crippen LogP contribution in [0.25, 0.3) is 0 Å². The third-order valence-electron chi connectivity index (χ3n) is 3.89. The highest BCUT2D eigenvalue weighted by atomic mass is 16.2. The standard InChI is InChI=1S/C21H19N3O2/c25-20(17-11-13-22-14-12-17)24-19(15-16-7-3-1-4-8-16)21(26)23-18-9-5-2-6-10-18/h1-14,19H,15H2,(H,23,26)(H,24,25). The summed E-state index contributed by atoms with van der Waals surface area (Å²) in [5, 5.41) is 5.68. The minimum atomic E-state index is -0.696. The largest absolute Gasteiger partial charge is 0.340 e. The Hall–Kier alpha value is -3.47. The molecule has 0 aliphatic rings. The first-order valence-corrected chi connectivity index (χ1v) is 8.33. The average molecular weight is 345 g/mol. The Morgan fingerprint density at radius 2 is 1.46 bits per heavy atom. The summed E-state index contributed by atoms with van der Waals surface area (Å²) in [6.07, 6.45) is 3.49. The van der Waals surface area contributed by atoms with Crippen molar-refractivity contribution in [2.75, 3.05) is 5.32 Å². The molecular formula is C21H19N3O2. The van der Waals surface area contributed by atoms with Gasteiger partial charge in [0.15, 0.2) is 0 Å². The lowest BCUT2D eigenvalue weighted by Gasteiger charge is -2.19. The van der Waals surface area contributed by atoms with Crippen LogP contribution in [-0.4, -0.2) is 22.8 Å². The number of carbonyl (C=O) groups excluding carboxylic acids is 2. The van der Waals surface area contributed by atoms with Gasteiger partial charge in [0, 0.05) is 30.1 Å². The molecule has 5 nitrogen and oxygen atoms in total. The molecule has 1 unspecified atom stereocenters. The number of amides is 2. The first-order valence-electron chi connectivity index (χ1n) is 8.33. The molecule has 3 rings (SSSR count). The molecule has 0 spiro atoms. The summed E-state index contributed by atoms with van der Waals surface area (Å²) in [7, 11) is 0. The smallest absolute Gasteiger partial charge is 0.252 e. The Balaban J connectivity index is 1.76. The summed E-state index contributed by atoms with van der Waals surface area (Å²) in [4.78, 5) is 29.1. The van der Waals surface area contributed by atoms with Crippen molar-refractivity contribution < 1.29 is 9.59 Å². The van der Waals surface area contributed by atoms with Crippen LogP contribution in [0.15, 0.2) is 85.2 Å². The van der Waals surface area contributed by atoms with E-state index < -0.39 is 6.04 Å². The Kier molecular flexibility index (Phi) is 5.72. The molecule has 2 aromatic carbocycles. The van der Waals surface area contributed by atoms with E-state index in [1.807, 2.05) is 60.7 Å². The van der Waals surface area contributed by atoms with Crippen molar-refractivity contribution in [1.29, 1.82) is 0 Å². The van der Waals surface area contributed by atoms with Gasteiger partial charge in [0.1, 0.15) is 6.04 Å². The number of nitrogens with one attached hydrogen (secondary N) is 2. The number of nitrogens with zero attached hydrogens (tertiary/aromatic N) is 1. The monoisotopic (exact) mass is 345 g/mol. The second-order valence-electron chi connectivity index (χ2n) is 5.81. The molecule has 0 fully saturated rings. The highest BCUT2D eigenvalue weighted by Gasteiger charge is 2.22. The fourth-order valence-electron chi connectivity index (χ4n) is 2.55. The maximum absolute atomic E-state index is 12.7. The van der Waals surface area contributed by atoms with E-state index in [-0.39, 0.29) is 11.8 Å². The van der Waals surface area contributed by atoms with Crippen molar-refractivity contribution in [1.82, 2.24) is 10.3 Å². The lowest BCUT2D eigenvalue weighted by molar-refractivity contribution is -0.118. The maximum Gasteiger partial charge on any atom is 0.252 e. The van der Waals surface area contributed by atoms with E-state index in [1.165, 1.54) is 0 Å². The van der Waals surface area contributed by atoms with Crippen molar-refractivity contribution in [2.24, 2.45) is 0 Å². The number of carbonyl (C=O) groups is 2. The fourth-order valence-corrected chi connectivity index (χ4v) is 2.55. The van der Waals surface area contributed by atoms with Crippen molar-refractivity contribution in [3.05, 3.63) is 96.3 Å². The molecule has 0 aliphatic heterocycles. The summed E-state index contributed by atoms with van der Waals surface area (Å²) in [5.74, 6) is -0.570. The van der Waals surface area contributed by atoms with Gasteiger partial charge in [0.05, 0.1) is 0 Å². The number of rotatable bonds is 6. The molecular weight excluding hydrogens is 326 g/mol. The van der Waals surface area contributed by atoms with Gasteiger partial charge in [-0.25, -0.2) is 0 Å². The van der Waals surface area contributed by atoms with Crippen LogP contribution in [0.4, 0.5) is 5.69 Å². The van der Waals surface area contributed by atoms with Crippen LogP contribution in [0.3, 0.4) is 0 Å². The molecule has 0 aliphatic carbocycles. The average Bonchev–Trinajstić information content (AvgIpc) is 2.69. The van der Waals surface area contributed by atoms with Crippen molar-refractivity contribution in [2.45, 2.75) is 12.5 Å². The van der Waals surface area contributed by atoms with Gasteiger partial charge in [0.25, 0.3) is 5.91 Å². The quantitative estimate of drug-likeness (QED) is 0.721. The predicted molar refractivity (Wildman–Crippen MR) is 101 cm³/mol. The van der Waals surface area contributed by atoms with Gasteiger partial charge in [-0.1, -0.05) is 48.5 Å². The lowest BCUT2D eigenvalue weighted by Crippen LogP contribution is -2.45. The van der Waals surface area contributed by atoms with Crippen LogP contribution in [0.5, 0.6) is 0 Å². The van der Waals surface area contributed by atoms with Gasteiger partial charge in [-0.2, -0.15) is 0 Å². The summed E-state index contributed by atoms with van der Waals surface area (Å²) >= 11 is 0. The zero-order chi connectivity index (χ0) is 18.2. The number of pyridine rings is 1. The Morgan fingerprint density at radius 1 is 0.846 bits per heavy atom. The van der Waals surface area contributed by atoms with Crippen LogP contribution in [0, 0.1) is 0 Å². The second-order valence-corrected chi connectivity index (χ2v) is 5.81. The van der Waals surface area contributed by atoms with Gasteiger partial charge < -0.3 is 10.6 Å². The topological polar surface area (TPSA) is 71.1 Å².